The van der Waals surface area contributed by atoms with Crippen molar-refractivity contribution in [1.82, 2.24) is 4.98 Å². The summed E-state index contributed by atoms with van der Waals surface area (Å²) in [5, 5.41) is 4.13. The average molecular weight is 527 g/mol. The molecule has 0 amide bonds. The number of carbonyl (C=O) groups excluding carboxylic acids is 1. The standard InChI is InChI=1S/C32H34N2O5/c1-3-36-32(35)29(20-11-10-15-25-13-6-4-7-14-25)34-38-22-26-16-12-19-28(21-26)37-23-30-24(2)39-31(33-30)27-17-8-5-9-18-27/h4-9,12-14,16-19,21H,3,10-11,15,20,22-23H2,1-2H3. The summed E-state index contributed by atoms with van der Waals surface area (Å²) in [6.45, 7) is 4.43. The summed E-state index contributed by atoms with van der Waals surface area (Å²) >= 11 is 0. The molecule has 0 unspecified atom stereocenters. The van der Waals surface area contributed by atoms with Gasteiger partial charge in [-0.25, -0.2) is 9.78 Å². The van der Waals surface area contributed by atoms with E-state index in [-0.39, 0.29) is 13.2 Å². The van der Waals surface area contributed by atoms with Crippen molar-refractivity contribution < 1.29 is 23.5 Å². The van der Waals surface area contributed by atoms with E-state index in [1.54, 1.807) is 6.92 Å². The minimum Gasteiger partial charge on any atom is -0.487 e. The van der Waals surface area contributed by atoms with Gasteiger partial charge in [0.25, 0.3) is 0 Å². The predicted molar refractivity (Wildman–Crippen MR) is 150 cm³/mol. The maximum absolute atomic E-state index is 12.4. The van der Waals surface area contributed by atoms with E-state index in [0.717, 1.165) is 41.8 Å². The molecular formula is C32H34N2O5. The van der Waals surface area contributed by atoms with Crippen LogP contribution in [-0.2, 0) is 34.0 Å². The Morgan fingerprint density at radius 1 is 0.897 bits per heavy atom. The third kappa shape index (κ3) is 8.57. The van der Waals surface area contributed by atoms with Gasteiger partial charge < -0.3 is 18.7 Å². The van der Waals surface area contributed by atoms with Crippen molar-refractivity contribution in [2.75, 3.05) is 6.61 Å². The number of oxazole rings is 1. The van der Waals surface area contributed by atoms with Crippen LogP contribution in [0.2, 0.25) is 0 Å². The lowest BCUT2D eigenvalue weighted by atomic mass is 10.1. The fraction of sp³-hybridized carbons (Fsp3) is 0.281. The number of carbonyl (C=O) groups is 1. The molecule has 0 fully saturated rings. The molecule has 0 saturated heterocycles. The minimum atomic E-state index is -0.438. The van der Waals surface area contributed by atoms with Crippen LogP contribution in [0, 0.1) is 6.92 Å². The number of benzene rings is 3. The van der Waals surface area contributed by atoms with Crippen molar-refractivity contribution in [3.05, 3.63) is 108 Å². The maximum Gasteiger partial charge on any atom is 0.356 e. The first-order valence-electron chi connectivity index (χ1n) is 13.3. The van der Waals surface area contributed by atoms with Crippen molar-refractivity contribution in [2.45, 2.75) is 52.7 Å². The number of unbranched alkanes of at least 4 members (excludes halogenated alkanes) is 1. The lowest BCUT2D eigenvalue weighted by Gasteiger charge is -2.08. The first-order valence-corrected chi connectivity index (χ1v) is 13.3. The highest BCUT2D eigenvalue weighted by Crippen LogP contribution is 2.23. The molecule has 0 N–H and O–H groups in total. The summed E-state index contributed by atoms with van der Waals surface area (Å²) in [5.74, 6) is 1.53. The molecule has 4 rings (SSSR count). The van der Waals surface area contributed by atoms with Gasteiger partial charge in [-0.05, 0) is 68.5 Å². The molecule has 0 aliphatic heterocycles. The molecule has 4 aromatic rings. The number of nitrogens with zero attached hydrogens (tertiary/aromatic N) is 2. The topological polar surface area (TPSA) is 83.2 Å². The van der Waals surface area contributed by atoms with Crippen LogP contribution < -0.4 is 4.74 Å². The van der Waals surface area contributed by atoms with Gasteiger partial charge in [-0.15, -0.1) is 0 Å². The highest BCUT2D eigenvalue weighted by molar-refractivity contribution is 6.36. The van der Waals surface area contributed by atoms with E-state index in [4.69, 9.17) is 18.7 Å². The number of aryl methyl sites for hydroxylation is 2. The summed E-state index contributed by atoms with van der Waals surface area (Å²) in [4.78, 5) is 22.5. The van der Waals surface area contributed by atoms with Gasteiger partial charge in [0.05, 0.1) is 6.61 Å². The van der Waals surface area contributed by atoms with Gasteiger partial charge in [-0.3, -0.25) is 0 Å². The fourth-order valence-corrected chi connectivity index (χ4v) is 3.99. The zero-order valence-electron chi connectivity index (χ0n) is 22.5. The van der Waals surface area contributed by atoms with Crippen LogP contribution in [0.4, 0.5) is 0 Å². The van der Waals surface area contributed by atoms with E-state index >= 15 is 0 Å². The largest absolute Gasteiger partial charge is 0.487 e. The second-order valence-electron chi connectivity index (χ2n) is 9.05. The van der Waals surface area contributed by atoms with Crippen molar-refractivity contribution in [3.63, 3.8) is 0 Å². The van der Waals surface area contributed by atoms with Crippen LogP contribution in [0.5, 0.6) is 5.75 Å². The molecule has 0 aliphatic carbocycles. The van der Waals surface area contributed by atoms with Crippen LogP contribution in [0.1, 0.15) is 48.8 Å². The highest BCUT2D eigenvalue weighted by Gasteiger charge is 2.14. The molecular weight excluding hydrogens is 492 g/mol. The number of hydrogen-bond donors (Lipinski definition) is 0. The molecule has 0 atom stereocenters. The van der Waals surface area contributed by atoms with E-state index in [1.807, 2.05) is 79.7 Å². The fourth-order valence-electron chi connectivity index (χ4n) is 3.99. The van der Waals surface area contributed by atoms with Crippen LogP contribution in [0.15, 0.2) is 94.5 Å². The second-order valence-corrected chi connectivity index (χ2v) is 9.05. The first kappa shape index (κ1) is 27.6. The van der Waals surface area contributed by atoms with E-state index in [0.29, 0.717) is 30.4 Å². The molecule has 3 aromatic carbocycles. The molecule has 1 aromatic heterocycles. The average Bonchev–Trinajstić information content (AvgIpc) is 3.35. The summed E-state index contributed by atoms with van der Waals surface area (Å²) in [6, 6.07) is 27.6. The Kier molecular flexibility index (Phi) is 10.3. The molecule has 0 aliphatic rings. The molecule has 0 spiro atoms. The van der Waals surface area contributed by atoms with Crippen LogP contribution in [0.3, 0.4) is 0 Å². The smallest absolute Gasteiger partial charge is 0.356 e. The van der Waals surface area contributed by atoms with E-state index < -0.39 is 5.97 Å². The molecule has 0 radical (unpaired) electrons. The van der Waals surface area contributed by atoms with Gasteiger partial charge in [0.15, 0.2) is 5.71 Å². The lowest BCUT2D eigenvalue weighted by Crippen LogP contribution is -2.18. The van der Waals surface area contributed by atoms with Gasteiger partial charge in [0.2, 0.25) is 5.89 Å². The zero-order chi connectivity index (χ0) is 27.3. The Balaban J connectivity index is 1.29. The zero-order valence-corrected chi connectivity index (χ0v) is 22.5. The van der Waals surface area contributed by atoms with Gasteiger partial charge in [0, 0.05) is 12.0 Å². The monoisotopic (exact) mass is 526 g/mol. The quantitative estimate of drug-likeness (QED) is 0.0756. The van der Waals surface area contributed by atoms with Crippen LogP contribution in [-0.4, -0.2) is 23.3 Å². The Bertz CT molecular complexity index is 1350. The molecule has 0 bridgehead atoms. The summed E-state index contributed by atoms with van der Waals surface area (Å²) < 4.78 is 17.0. The molecule has 0 saturated carbocycles. The first-order chi connectivity index (χ1) is 19.1. The molecule has 202 valence electrons. The van der Waals surface area contributed by atoms with Gasteiger partial charge in [0.1, 0.15) is 30.4 Å². The third-order valence-corrected chi connectivity index (χ3v) is 6.08. The van der Waals surface area contributed by atoms with E-state index in [2.05, 4.69) is 22.3 Å². The summed E-state index contributed by atoms with van der Waals surface area (Å²) in [6.07, 6.45) is 3.20. The Hall–Kier alpha value is -4.39. The number of aromatic nitrogens is 1. The number of esters is 1. The molecule has 1 heterocycles. The lowest BCUT2D eigenvalue weighted by molar-refractivity contribution is -0.135. The van der Waals surface area contributed by atoms with Gasteiger partial charge in [-0.1, -0.05) is 65.8 Å². The highest BCUT2D eigenvalue weighted by atomic mass is 16.6. The van der Waals surface area contributed by atoms with Crippen molar-refractivity contribution >= 4 is 11.7 Å². The second kappa shape index (κ2) is 14.5. The minimum absolute atomic E-state index is 0.200. The van der Waals surface area contributed by atoms with Crippen molar-refractivity contribution in [1.29, 1.82) is 0 Å². The SMILES string of the molecule is CCOC(=O)C(CCCCc1ccccc1)=NOCc1cccc(OCc2nc(-c3ccccc3)oc2C)c1. The Labute approximate surface area is 229 Å². The Morgan fingerprint density at radius 2 is 1.64 bits per heavy atom. The van der Waals surface area contributed by atoms with Crippen molar-refractivity contribution in [2.24, 2.45) is 5.16 Å². The number of ether oxygens (including phenoxy) is 2. The molecule has 7 heteroatoms. The maximum atomic E-state index is 12.4. The summed E-state index contributed by atoms with van der Waals surface area (Å²) in [5.41, 5.74) is 4.11. The van der Waals surface area contributed by atoms with Crippen molar-refractivity contribution in [3.8, 4) is 17.2 Å². The summed E-state index contributed by atoms with van der Waals surface area (Å²) in [7, 11) is 0. The number of oxime groups is 1. The van der Waals surface area contributed by atoms with Gasteiger partial charge in [-0.2, -0.15) is 0 Å². The molecule has 39 heavy (non-hydrogen) atoms. The normalized spacial score (nSPS) is 11.3. The Morgan fingerprint density at radius 3 is 2.41 bits per heavy atom. The number of rotatable bonds is 14. The molecule has 7 nitrogen and oxygen atoms in total. The van der Waals surface area contributed by atoms with E-state index in [9.17, 15) is 4.79 Å². The number of hydrogen-bond acceptors (Lipinski definition) is 7. The van der Waals surface area contributed by atoms with E-state index in [1.165, 1.54) is 5.56 Å². The predicted octanol–water partition coefficient (Wildman–Crippen LogP) is 7.08. The van der Waals surface area contributed by atoms with Gasteiger partial charge >= 0.3 is 5.97 Å². The van der Waals surface area contributed by atoms with Crippen LogP contribution >= 0.6 is 0 Å². The third-order valence-electron chi connectivity index (χ3n) is 6.08. The van der Waals surface area contributed by atoms with Crippen LogP contribution in [0.25, 0.3) is 11.5 Å².